The van der Waals surface area contributed by atoms with E-state index >= 15 is 0 Å². The van der Waals surface area contributed by atoms with Gasteiger partial charge in [-0.15, -0.1) is 0 Å². The maximum Gasteiger partial charge on any atom is 0.0776 e. The fourth-order valence-corrected chi connectivity index (χ4v) is 6.65. The van der Waals surface area contributed by atoms with Crippen molar-refractivity contribution in [2.24, 2.45) is 5.41 Å². The van der Waals surface area contributed by atoms with Gasteiger partial charge in [0.05, 0.1) is 23.0 Å². The SMILES string of the molecule is C=C(/C=C\NCC1=CC2NC=CC(c3cc(C)cc4ccn(CC5(C#N)CCNCC5)c34)=C2S1)NCC. The summed E-state index contributed by atoms with van der Waals surface area (Å²) in [5, 5.41) is 24.9. The first-order valence-corrected chi connectivity index (χ1v) is 13.9. The van der Waals surface area contributed by atoms with Crippen LogP contribution < -0.4 is 21.3 Å². The van der Waals surface area contributed by atoms with Crippen molar-refractivity contribution in [3.63, 3.8) is 0 Å². The van der Waals surface area contributed by atoms with Crippen LogP contribution in [0.5, 0.6) is 0 Å². The lowest BCUT2D eigenvalue weighted by molar-refractivity contribution is 0.247. The van der Waals surface area contributed by atoms with E-state index in [0.717, 1.165) is 51.3 Å². The number of thioether (sulfide) groups is 1. The van der Waals surface area contributed by atoms with Gasteiger partial charge in [0, 0.05) is 52.3 Å². The molecule has 1 saturated heterocycles. The van der Waals surface area contributed by atoms with E-state index in [-0.39, 0.29) is 11.5 Å². The predicted molar refractivity (Wildman–Crippen MR) is 155 cm³/mol. The van der Waals surface area contributed by atoms with Crippen molar-refractivity contribution in [3.8, 4) is 6.07 Å². The Morgan fingerprint density at radius 3 is 2.97 bits per heavy atom. The van der Waals surface area contributed by atoms with E-state index < -0.39 is 0 Å². The number of piperidine rings is 1. The Kier molecular flexibility index (Phi) is 7.50. The highest BCUT2D eigenvalue weighted by Crippen LogP contribution is 2.44. The molecule has 192 valence electrons. The number of aryl methyl sites for hydroxylation is 1. The Morgan fingerprint density at radius 2 is 2.19 bits per heavy atom. The van der Waals surface area contributed by atoms with Gasteiger partial charge in [0.25, 0.3) is 0 Å². The molecule has 1 fully saturated rings. The Labute approximate surface area is 224 Å². The zero-order chi connectivity index (χ0) is 25.8. The molecule has 3 aliphatic heterocycles. The summed E-state index contributed by atoms with van der Waals surface area (Å²) in [6.45, 7) is 12.4. The molecule has 0 saturated carbocycles. The third-order valence-electron chi connectivity index (χ3n) is 7.32. The van der Waals surface area contributed by atoms with Crippen LogP contribution in [0.25, 0.3) is 16.5 Å². The fourth-order valence-electron chi connectivity index (χ4n) is 5.46. The van der Waals surface area contributed by atoms with Crippen LogP contribution >= 0.6 is 11.8 Å². The molecular weight excluding hydrogens is 476 g/mol. The summed E-state index contributed by atoms with van der Waals surface area (Å²) in [7, 11) is 0. The molecule has 3 aliphatic rings. The number of likely N-dealkylation sites (N-methyl/N-ethyl adjacent to an activating group) is 1. The van der Waals surface area contributed by atoms with Crippen molar-refractivity contribution in [1.82, 2.24) is 25.8 Å². The number of dihydropyridines is 1. The largest absolute Gasteiger partial charge is 0.386 e. The maximum absolute atomic E-state index is 10.1. The third-order valence-corrected chi connectivity index (χ3v) is 8.55. The van der Waals surface area contributed by atoms with Gasteiger partial charge in [-0.25, -0.2) is 0 Å². The van der Waals surface area contributed by atoms with E-state index in [0.29, 0.717) is 0 Å². The highest BCUT2D eigenvalue weighted by Gasteiger charge is 2.33. The molecular formula is C30H36N6S. The second kappa shape index (κ2) is 11.0. The number of nitrogens with zero attached hydrogens (tertiary/aromatic N) is 2. The molecule has 7 heteroatoms. The van der Waals surface area contributed by atoms with E-state index in [1.807, 2.05) is 24.0 Å². The summed E-state index contributed by atoms with van der Waals surface area (Å²) in [4.78, 5) is 2.63. The molecule has 6 nitrogen and oxygen atoms in total. The smallest absolute Gasteiger partial charge is 0.0776 e. The van der Waals surface area contributed by atoms with Crippen LogP contribution in [0.2, 0.25) is 0 Å². The van der Waals surface area contributed by atoms with E-state index in [2.05, 4.69) is 95.1 Å². The van der Waals surface area contributed by atoms with Crippen molar-refractivity contribution in [3.05, 3.63) is 88.2 Å². The van der Waals surface area contributed by atoms with Gasteiger partial charge in [-0.1, -0.05) is 18.3 Å². The van der Waals surface area contributed by atoms with Crippen LogP contribution in [-0.2, 0) is 6.54 Å². The molecule has 2 aromatic rings. The normalized spacial score (nSPS) is 20.5. The lowest BCUT2D eigenvalue weighted by atomic mass is 9.80. The number of rotatable bonds is 9. The third kappa shape index (κ3) is 5.36. The molecule has 1 atom stereocenters. The van der Waals surface area contributed by atoms with E-state index in [1.54, 1.807) is 0 Å². The Morgan fingerprint density at radius 1 is 1.35 bits per heavy atom. The molecule has 37 heavy (non-hydrogen) atoms. The number of fused-ring (bicyclic) bond motifs is 2. The van der Waals surface area contributed by atoms with Gasteiger partial charge in [-0.2, -0.15) is 5.26 Å². The maximum atomic E-state index is 10.1. The van der Waals surface area contributed by atoms with Crippen molar-refractivity contribution in [2.75, 3.05) is 26.2 Å². The summed E-state index contributed by atoms with van der Waals surface area (Å²) < 4.78 is 2.33. The first-order chi connectivity index (χ1) is 18.0. The van der Waals surface area contributed by atoms with Gasteiger partial charge >= 0.3 is 0 Å². The lowest BCUT2D eigenvalue weighted by Crippen LogP contribution is -2.38. The number of hydrogen-bond acceptors (Lipinski definition) is 6. The summed E-state index contributed by atoms with van der Waals surface area (Å²) in [6.07, 6.45) is 14.5. The fraction of sp³-hybridized carbons (Fsp3) is 0.367. The van der Waals surface area contributed by atoms with E-state index in [1.165, 1.54) is 37.4 Å². The molecule has 1 aromatic carbocycles. The van der Waals surface area contributed by atoms with Gasteiger partial charge in [0.15, 0.2) is 0 Å². The highest BCUT2D eigenvalue weighted by molar-refractivity contribution is 8.07. The summed E-state index contributed by atoms with van der Waals surface area (Å²) in [5.41, 5.74) is 5.57. The van der Waals surface area contributed by atoms with Crippen LogP contribution in [0.1, 0.15) is 30.9 Å². The lowest BCUT2D eigenvalue weighted by Gasteiger charge is -2.32. The number of nitriles is 1. The van der Waals surface area contributed by atoms with Crippen molar-refractivity contribution in [1.29, 1.82) is 5.26 Å². The Bertz CT molecular complexity index is 1350. The summed E-state index contributed by atoms with van der Waals surface area (Å²) >= 11 is 1.85. The first-order valence-electron chi connectivity index (χ1n) is 13.1. The standard InChI is InChI=1S/C30H36N6S/c1-4-34-22(3)5-10-33-18-24-17-27-29(37-24)25(6-11-35-27)26-16-21(2)15-23-7-14-36(28(23)26)20-30(19-31)8-12-32-13-9-30/h5-7,10-11,14-17,27,32-35H,3-4,8-9,12-13,18,20H2,1-2H3/b10-5-. The minimum Gasteiger partial charge on any atom is -0.386 e. The van der Waals surface area contributed by atoms with Crippen LogP contribution in [0.3, 0.4) is 0 Å². The van der Waals surface area contributed by atoms with Crippen LogP contribution in [-0.4, -0.2) is 36.8 Å². The van der Waals surface area contributed by atoms with Crippen LogP contribution in [0.4, 0.5) is 0 Å². The molecule has 4 N–H and O–H groups in total. The zero-order valence-electron chi connectivity index (χ0n) is 21.7. The molecule has 1 aromatic heterocycles. The number of nitrogens with one attached hydrogen (secondary N) is 4. The van der Waals surface area contributed by atoms with Gasteiger partial charge in [-0.3, -0.25) is 0 Å². The molecule has 0 aliphatic carbocycles. The second-order valence-electron chi connectivity index (χ2n) is 10.1. The summed E-state index contributed by atoms with van der Waals surface area (Å²) in [6, 6.07) is 9.62. The quantitative estimate of drug-likeness (QED) is 0.358. The first kappa shape index (κ1) is 25.3. The molecule has 0 amide bonds. The van der Waals surface area contributed by atoms with Gasteiger partial charge in [0.1, 0.15) is 0 Å². The minimum atomic E-state index is -0.322. The van der Waals surface area contributed by atoms with E-state index in [4.69, 9.17) is 0 Å². The van der Waals surface area contributed by atoms with Gasteiger partial charge in [0.2, 0.25) is 0 Å². The topological polar surface area (TPSA) is 76.8 Å². The van der Waals surface area contributed by atoms with Gasteiger partial charge in [-0.05, 0) is 99.7 Å². The molecule has 1 unspecified atom stereocenters. The average molecular weight is 513 g/mol. The van der Waals surface area contributed by atoms with Crippen LogP contribution in [0.15, 0.2) is 77.1 Å². The highest BCUT2D eigenvalue weighted by atomic mass is 32.2. The minimum absolute atomic E-state index is 0.177. The monoisotopic (exact) mass is 512 g/mol. The zero-order valence-corrected chi connectivity index (χ0v) is 22.5. The number of hydrogen-bond donors (Lipinski definition) is 4. The number of aromatic nitrogens is 1. The Balaban J connectivity index is 1.44. The van der Waals surface area contributed by atoms with Crippen LogP contribution in [0, 0.1) is 23.7 Å². The molecule has 0 spiro atoms. The summed E-state index contributed by atoms with van der Waals surface area (Å²) in [5.74, 6) is 0. The predicted octanol–water partition coefficient (Wildman–Crippen LogP) is 4.90. The van der Waals surface area contributed by atoms with Crippen molar-refractivity contribution < 1.29 is 0 Å². The van der Waals surface area contributed by atoms with E-state index in [9.17, 15) is 5.26 Å². The molecule has 5 rings (SSSR count). The Hall–Kier alpha value is -3.34. The average Bonchev–Trinajstić information content (AvgIpc) is 3.50. The van der Waals surface area contributed by atoms with Crippen molar-refractivity contribution in [2.45, 2.75) is 39.3 Å². The number of allylic oxidation sites excluding steroid dienone is 3. The van der Waals surface area contributed by atoms with Gasteiger partial charge < -0.3 is 25.8 Å². The molecule has 0 radical (unpaired) electrons. The molecule has 4 heterocycles. The second-order valence-corrected chi connectivity index (χ2v) is 11.3. The molecule has 0 bridgehead atoms. The number of benzene rings is 1. The van der Waals surface area contributed by atoms with Crippen molar-refractivity contribution >= 4 is 28.2 Å².